The molecule has 1 saturated heterocycles. The molecule has 0 radical (unpaired) electrons. The number of hydrogen-bond acceptors (Lipinski definition) is 5. The highest BCUT2D eigenvalue weighted by atomic mass is 32.1. The zero-order valence-electron chi connectivity index (χ0n) is 22.3. The van der Waals surface area contributed by atoms with Crippen LogP contribution >= 0.6 is 11.3 Å². The van der Waals surface area contributed by atoms with Crippen molar-refractivity contribution in [3.8, 4) is 0 Å². The summed E-state index contributed by atoms with van der Waals surface area (Å²) in [6.45, 7) is 12.2. The highest BCUT2D eigenvalue weighted by Gasteiger charge is 2.28. The van der Waals surface area contributed by atoms with Crippen molar-refractivity contribution in [3.63, 3.8) is 0 Å². The normalized spacial score (nSPS) is 17.3. The number of carbonyl (C=O) groups excluding carboxylic acids is 1. The van der Waals surface area contributed by atoms with E-state index in [1.807, 2.05) is 11.3 Å². The highest BCUT2D eigenvalue weighted by Crippen LogP contribution is 2.40. The van der Waals surface area contributed by atoms with E-state index in [0.29, 0.717) is 18.2 Å². The molecule has 1 unspecified atom stereocenters. The van der Waals surface area contributed by atoms with Gasteiger partial charge in [-0.25, -0.2) is 9.97 Å². The molecule has 0 N–H and O–H groups in total. The molecule has 0 saturated carbocycles. The lowest BCUT2D eigenvalue weighted by Crippen LogP contribution is -2.49. The van der Waals surface area contributed by atoms with E-state index in [-0.39, 0.29) is 5.41 Å². The van der Waals surface area contributed by atoms with Crippen LogP contribution in [0.25, 0.3) is 10.2 Å². The molecule has 3 heterocycles. The molecule has 1 amide bonds. The van der Waals surface area contributed by atoms with Crippen LogP contribution in [0.1, 0.15) is 75.2 Å². The van der Waals surface area contributed by atoms with E-state index in [4.69, 9.17) is 9.97 Å². The number of thiophene rings is 1. The Hall–Kier alpha value is -2.47. The van der Waals surface area contributed by atoms with Crippen LogP contribution in [0.2, 0.25) is 0 Å². The number of piperazine rings is 1. The lowest BCUT2D eigenvalue weighted by molar-refractivity contribution is -0.132. The minimum absolute atomic E-state index is 0.258. The summed E-state index contributed by atoms with van der Waals surface area (Å²) in [5.41, 5.74) is 2.98. The number of rotatable bonds is 6. The molecule has 0 bridgehead atoms. The number of aryl methyl sites for hydroxylation is 2. The molecule has 36 heavy (non-hydrogen) atoms. The van der Waals surface area contributed by atoms with Crippen LogP contribution in [-0.4, -0.2) is 47.0 Å². The van der Waals surface area contributed by atoms with Crippen LogP contribution < -0.4 is 4.90 Å². The van der Waals surface area contributed by atoms with Gasteiger partial charge in [0.2, 0.25) is 5.91 Å². The predicted molar refractivity (Wildman–Crippen MR) is 150 cm³/mol. The maximum absolute atomic E-state index is 13.0. The fourth-order valence-corrected chi connectivity index (χ4v) is 7.25. The summed E-state index contributed by atoms with van der Waals surface area (Å²) >= 11 is 1.88. The third kappa shape index (κ3) is 5.74. The maximum Gasteiger partial charge on any atom is 0.222 e. The first-order chi connectivity index (χ1) is 17.3. The molecule has 3 aromatic rings. The molecule has 1 atom stereocenters. The third-order valence-electron chi connectivity index (χ3n) is 7.46. The van der Waals surface area contributed by atoms with Gasteiger partial charge in [0.25, 0.3) is 0 Å². The first-order valence-electron chi connectivity index (χ1n) is 13.6. The van der Waals surface area contributed by atoms with Crippen LogP contribution in [0.5, 0.6) is 0 Å². The first-order valence-corrected chi connectivity index (χ1v) is 14.5. The Morgan fingerprint density at radius 2 is 1.75 bits per heavy atom. The molecule has 6 heteroatoms. The van der Waals surface area contributed by atoms with Gasteiger partial charge in [0, 0.05) is 43.9 Å². The second-order valence-corrected chi connectivity index (χ2v) is 13.0. The Morgan fingerprint density at radius 3 is 2.47 bits per heavy atom. The van der Waals surface area contributed by atoms with Gasteiger partial charge in [-0.15, -0.1) is 11.3 Å². The molecule has 1 aromatic carbocycles. The van der Waals surface area contributed by atoms with Crippen LogP contribution in [0.15, 0.2) is 30.3 Å². The van der Waals surface area contributed by atoms with Crippen molar-refractivity contribution in [1.29, 1.82) is 0 Å². The minimum Gasteiger partial charge on any atom is -0.352 e. The summed E-state index contributed by atoms with van der Waals surface area (Å²) < 4.78 is 0. The van der Waals surface area contributed by atoms with Crippen molar-refractivity contribution in [3.05, 3.63) is 52.2 Å². The molecule has 2 aliphatic rings. The van der Waals surface area contributed by atoms with Crippen LogP contribution in [-0.2, 0) is 24.1 Å². The lowest BCUT2D eigenvalue weighted by atomic mass is 9.84. The Labute approximate surface area is 219 Å². The summed E-state index contributed by atoms with van der Waals surface area (Å²) in [6, 6.07) is 10.5. The summed E-state index contributed by atoms with van der Waals surface area (Å²) in [4.78, 5) is 30.4. The maximum atomic E-state index is 13.0. The third-order valence-corrected chi connectivity index (χ3v) is 8.65. The summed E-state index contributed by atoms with van der Waals surface area (Å²) in [6.07, 6.45) is 7.29. The van der Waals surface area contributed by atoms with Crippen molar-refractivity contribution < 1.29 is 4.79 Å². The largest absolute Gasteiger partial charge is 0.352 e. The van der Waals surface area contributed by atoms with Gasteiger partial charge in [0.05, 0.1) is 5.39 Å². The Morgan fingerprint density at radius 1 is 1.03 bits per heavy atom. The molecule has 5 nitrogen and oxygen atoms in total. The fraction of sp³-hybridized carbons (Fsp3) is 0.567. The van der Waals surface area contributed by atoms with E-state index >= 15 is 0 Å². The summed E-state index contributed by atoms with van der Waals surface area (Å²) in [7, 11) is 0. The summed E-state index contributed by atoms with van der Waals surface area (Å²) in [5.74, 6) is 2.71. The van der Waals surface area contributed by atoms with Crippen LogP contribution in [0.4, 0.5) is 5.82 Å². The van der Waals surface area contributed by atoms with Gasteiger partial charge in [-0.1, -0.05) is 58.0 Å². The van der Waals surface area contributed by atoms with Crippen molar-refractivity contribution in [2.75, 3.05) is 31.1 Å². The zero-order valence-corrected chi connectivity index (χ0v) is 23.2. The molecular formula is C30H40N4OS. The standard InChI is InChI=1S/C30H40N4OS/c1-21(20-30(2,3)4)18-26(35)33-14-16-34(17-15-33)28-27-23-12-8-9-13-24(23)36-29(27)32-25(31-28)19-22-10-6-5-7-11-22/h5-7,10-11,21H,8-9,12-20H2,1-4H3. The molecule has 2 aromatic heterocycles. The second kappa shape index (κ2) is 10.5. The van der Waals surface area contributed by atoms with Crippen molar-refractivity contribution in [2.45, 2.75) is 72.6 Å². The van der Waals surface area contributed by atoms with Gasteiger partial charge < -0.3 is 9.80 Å². The summed E-state index contributed by atoms with van der Waals surface area (Å²) in [5, 5.41) is 1.28. The molecule has 0 spiro atoms. The van der Waals surface area contributed by atoms with Crippen molar-refractivity contribution >= 4 is 33.3 Å². The topological polar surface area (TPSA) is 49.3 Å². The molecule has 1 aliphatic heterocycles. The van der Waals surface area contributed by atoms with Crippen molar-refractivity contribution in [2.24, 2.45) is 11.3 Å². The molecule has 1 fully saturated rings. The van der Waals surface area contributed by atoms with Gasteiger partial charge in [-0.3, -0.25) is 4.79 Å². The average molecular weight is 505 g/mol. The number of amides is 1. The van der Waals surface area contributed by atoms with E-state index in [0.717, 1.165) is 61.9 Å². The molecular weight excluding hydrogens is 464 g/mol. The number of carbonyl (C=O) groups is 1. The van der Waals surface area contributed by atoms with E-state index in [2.05, 4.69) is 67.8 Å². The monoisotopic (exact) mass is 504 g/mol. The van der Waals surface area contributed by atoms with E-state index in [9.17, 15) is 4.79 Å². The molecule has 1 aliphatic carbocycles. The lowest BCUT2D eigenvalue weighted by Gasteiger charge is -2.36. The van der Waals surface area contributed by atoms with Crippen LogP contribution in [0.3, 0.4) is 0 Å². The van der Waals surface area contributed by atoms with Gasteiger partial charge in [0.1, 0.15) is 16.5 Å². The Bertz CT molecular complexity index is 1210. The van der Waals surface area contributed by atoms with E-state index < -0.39 is 0 Å². The fourth-order valence-electron chi connectivity index (χ4n) is 5.98. The Kier molecular flexibility index (Phi) is 7.34. The second-order valence-electron chi connectivity index (χ2n) is 12.0. The van der Waals surface area contributed by atoms with Gasteiger partial charge >= 0.3 is 0 Å². The average Bonchev–Trinajstić information content (AvgIpc) is 3.21. The SMILES string of the molecule is CC(CC(=O)N1CCN(c2nc(Cc3ccccc3)nc3sc4c(c23)CCCC4)CC1)CC(C)(C)C. The van der Waals surface area contributed by atoms with E-state index in [1.165, 1.54) is 40.7 Å². The minimum atomic E-state index is 0.258. The smallest absolute Gasteiger partial charge is 0.222 e. The van der Waals surface area contributed by atoms with Gasteiger partial charge in [0.15, 0.2) is 0 Å². The Balaban J connectivity index is 1.36. The van der Waals surface area contributed by atoms with Gasteiger partial charge in [-0.2, -0.15) is 0 Å². The molecule has 192 valence electrons. The predicted octanol–water partition coefficient (Wildman–Crippen LogP) is 6.27. The number of hydrogen-bond donors (Lipinski definition) is 0. The number of aromatic nitrogens is 2. The zero-order chi connectivity index (χ0) is 25.3. The van der Waals surface area contributed by atoms with Crippen LogP contribution in [0, 0.1) is 11.3 Å². The van der Waals surface area contributed by atoms with Crippen molar-refractivity contribution in [1.82, 2.24) is 14.9 Å². The first kappa shape index (κ1) is 25.2. The highest BCUT2D eigenvalue weighted by molar-refractivity contribution is 7.19. The molecule has 5 rings (SSSR count). The number of nitrogens with zero attached hydrogens (tertiary/aromatic N) is 4. The number of anilines is 1. The quantitative estimate of drug-likeness (QED) is 0.397. The van der Waals surface area contributed by atoms with E-state index in [1.54, 1.807) is 0 Å². The number of benzene rings is 1. The number of fused-ring (bicyclic) bond motifs is 3. The van der Waals surface area contributed by atoms with Gasteiger partial charge in [-0.05, 0) is 54.6 Å².